The maximum absolute atomic E-state index is 13.8. The lowest BCUT2D eigenvalue weighted by molar-refractivity contribution is -0.122. The molecule has 0 aromatic heterocycles. The first-order chi connectivity index (χ1) is 8.59. The van der Waals surface area contributed by atoms with Crippen molar-refractivity contribution in [2.75, 3.05) is 26.2 Å². The lowest BCUT2D eigenvalue weighted by Gasteiger charge is -2.33. The van der Waals surface area contributed by atoms with Crippen LogP contribution in [0.25, 0.3) is 0 Å². The zero-order chi connectivity index (χ0) is 13.1. The average Bonchev–Trinajstić information content (AvgIpc) is 2.33. The van der Waals surface area contributed by atoms with Gasteiger partial charge in [-0.3, -0.25) is 9.69 Å². The van der Waals surface area contributed by atoms with Crippen molar-refractivity contribution < 1.29 is 13.6 Å². The van der Waals surface area contributed by atoms with E-state index in [-0.39, 0.29) is 11.3 Å². The third-order valence-electron chi connectivity index (χ3n) is 3.16. The van der Waals surface area contributed by atoms with Crippen molar-refractivity contribution in [1.29, 1.82) is 0 Å². The van der Waals surface area contributed by atoms with Crippen molar-refractivity contribution in [2.24, 2.45) is 0 Å². The summed E-state index contributed by atoms with van der Waals surface area (Å²) in [5.74, 6) is -1.41. The van der Waals surface area contributed by atoms with Crippen LogP contribution >= 0.6 is 0 Å². The molecule has 0 aliphatic carbocycles. The van der Waals surface area contributed by atoms with E-state index in [4.69, 9.17) is 0 Å². The number of carbonyl (C=O) groups excluding carboxylic acids is 1. The molecule has 1 unspecified atom stereocenters. The largest absolute Gasteiger partial charge is 0.314 e. The number of nitrogens with one attached hydrogen (secondary N) is 1. The van der Waals surface area contributed by atoms with E-state index in [9.17, 15) is 13.6 Å². The zero-order valence-electron chi connectivity index (χ0n) is 10.2. The molecule has 0 spiro atoms. The average molecular weight is 254 g/mol. The molecule has 0 amide bonds. The first kappa shape index (κ1) is 13.1. The van der Waals surface area contributed by atoms with Crippen LogP contribution in [0.4, 0.5) is 8.78 Å². The molecule has 1 aliphatic rings. The van der Waals surface area contributed by atoms with Crippen LogP contribution in [0.3, 0.4) is 0 Å². The molecule has 1 fully saturated rings. The van der Waals surface area contributed by atoms with E-state index in [0.29, 0.717) is 13.1 Å². The van der Waals surface area contributed by atoms with E-state index >= 15 is 0 Å². The summed E-state index contributed by atoms with van der Waals surface area (Å²) in [4.78, 5) is 13.7. The highest BCUT2D eigenvalue weighted by atomic mass is 19.1. The molecule has 1 atom stereocenters. The molecule has 0 saturated carbocycles. The fraction of sp³-hybridized carbons (Fsp3) is 0.462. The van der Waals surface area contributed by atoms with Crippen LogP contribution in [0.15, 0.2) is 18.2 Å². The number of nitrogens with zero attached hydrogens (tertiary/aromatic N) is 1. The van der Waals surface area contributed by atoms with Crippen LogP contribution in [0, 0.1) is 11.6 Å². The summed E-state index contributed by atoms with van der Waals surface area (Å²) in [5.41, 5.74) is 0.255. The Kier molecular flexibility index (Phi) is 4.04. The van der Waals surface area contributed by atoms with Gasteiger partial charge < -0.3 is 5.32 Å². The van der Waals surface area contributed by atoms with E-state index in [0.717, 1.165) is 19.2 Å². The fourth-order valence-corrected chi connectivity index (χ4v) is 2.34. The summed E-state index contributed by atoms with van der Waals surface area (Å²) in [6, 6.07) is 2.76. The molecule has 1 aliphatic heterocycles. The molecule has 1 aromatic rings. The predicted molar refractivity (Wildman–Crippen MR) is 64.2 cm³/mol. The van der Waals surface area contributed by atoms with Gasteiger partial charge in [-0.25, -0.2) is 8.78 Å². The van der Waals surface area contributed by atoms with Crippen molar-refractivity contribution in [2.45, 2.75) is 13.0 Å². The first-order valence-electron chi connectivity index (χ1n) is 6.00. The Hall–Kier alpha value is -1.33. The summed E-state index contributed by atoms with van der Waals surface area (Å²) in [6.07, 6.45) is 0. The lowest BCUT2D eigenvalue weighted by atomic mass is 10.0. The Balaban J connectivity index is 2.31. The second-order valence-electron chi connectivity index (χ2n) is 4.46. The van der Waals surface area contributed by atoms with Gasteiger partial charge in [0.15, 0.2) is 5.78 Å². The molecule has 0 bridgehead atoms. The van der Waals surface area contributed by atoms with Gasteiger partial charge in [0.2, 0.25) is 0 Å². The number of piperazine rings is 1. The number of hydrogen-bond acceptors (Lipinski definition) is 3. The summed E-state index contributed by atoms with van der Waals surface area (Å²) in [7, 11) is 0. The third kappa shape index (κ3) is 2.73. The van der Waals surface area contributed by atoms with E-state index in [1.54, 1.807) is 0 Å². The van der Waals surface area contributed by atoms with Gasteiger partial charge in [-0.15, -0.1) is 0 Å². The van der Waals surface area contributed by atoms with Gasteiger partial charge in [0.05, 0.1) is 6.04 Å². The second kappa shape index (κ2) is 5.54. The Labute approximate surface area is 105 Å². The van der Waals surface area contributed by atoms with Crippen LogP contribution in [-0.4, -0.2) is 36.9 Å². The summed E-state index contributed by atoms with van der Waals surface area (Å²) < 4.78 is 26.7. The van der Waals surface area contributed by atoms with Crippen LogP contribution in [0.5, 0.6) is 0 Å². The number of benzene rings is 1. The van der Waals surface area contributed by atoms with E-state index < -0.39 is 17.7 Å². The molecule has 5 heteroatoms. The number of Topliss-reactive ketones (excluding diaryl/α,β-unsaturated/α-hetero) is 1. The van der Waals surface area contributed by atoms with Crippen LogP contribution in [-0.2, 0) is 4.79 Å². The van der Waals surface area contributed by atoms with Crippen LogP contribution in [0.1, 0.15) is 18.5 Å². The standard InChI is InChI=1S/C13H16F2N2O/c1-9(18)13(17-6-4-16-5-7-17)11-3-2-10(14)8-12(11)15/h2-3,8,13,16H,4-7H2,1H3. The molecule has 1 N–H and O–H groups in total. The van der Waals surface area contributed by atoms with Gasteiger partial charge in [0.1, 0.15) is 11.6 Å². The molecule has 18 heavy (non-hydrogen) atoms. The van der Waals surface area contributed by atoms with Gasteiger partial charge in [-0.1, -0.05) is 6.07 Å². The molecule has 1 saturated heterocycles. The minimum absolute atomic E-state index is 0.123. The smallest absolute Gasteiger partial charge is 0.151 e. The predicted octanol–water partition coefficient (Wildman–Crippen LogP) is 1.50. The molecular formula is C13H16F2N2O. The third-order valence-corrected chi connectivity index (χ3v) is 3.16. The zero-order valence-corrected chi connectivity index (χ0v) is 10.2. The van der Waals surface area contributed by atoms with Crippen LogP contribution < -0.4 is 5.32 Å². The Morgan fingerprint density at radius 2 is 2.00 bits per heavy atom. The highest BCUT2D eigenvalue weighted by Crippen LogP contribution is 2.25. The summed E-state index contributed by atoms with van der Waals surface area (Å²) in [6.45, 7) is 4.34. The number of hydrogen-bond donors (Lipinski definition) is 1. The minimum atomic E-state index is -0.659. The van der Waals surface area contributed by atoms with Crippen molar-refractivity contribution in [1.82, 2.24) is 10.2 Å². The van der Waals surface area contributed by atoms with E-state index in [2.05, 4.69) is 5.32 Å². The van der Waals surface area contributed by atoms with Gasteiger partial charge in [-0.05, 0) is 13.0 Å². The second-order valence-corrected chi connectivity index (χ2v) is 4.46. The molecule has 3 nitrogen and oxygen atoms in total. The van der Waals surface area contributed by atoms with Crippen molar-refractivity contribution >= 4 is 5.78 Å². The SMILES string of the molecule is CC(=O)C(c1ccc(F)cc1F)N1CCNCC1. The molecule has 1 heterocycles. The topological polar surface area (TPSA) is 32.3 Å². The van der Waals surface area contributed by atoms with Gasteiger partial charge in [-0.2, -0.15) is 0 Å². The monoisotopic (exact) mass is 254 g/mol. The van der Waals surface area contributed by atoms with Crippen molar-refractivity contribution in [3.8, 4) is 0 Å². The van der Waals surface area contributed by atoms with Gasteiger partial charge >= 0.3 is 0 Å². The van der Waals surface area contributed by atoms with Crippen molar-refractivity contribution in [3.63, 3.8) is 0 Å². The Morgan fingerprint density at radius 3 is 2.56 bits per heavy atom. The first-order valence-corrected chi connectivity index (χ1v) is 6.00. The highest BCUT2D eigenvalue weighted by molar-refractivity contribution is 5.83. The molecular weight excluding hydrogens is 238 g/mol. The minimum Gasteiger partial charge on any atom is -0.314 e. The fourth-order valence-electron chi connectivity index (χ4n) is 2.34. The maximum atomic E-state index is 13.8. The van der Waals surface area contributed by atoms with Gasteiger partial charge in [0, 0.05) is 37.8 Å². The van der Waals surface area contributed by atoms with Crippen molar-refractivity contribution in [3.05, 3.63) is 35.4 Å². The number of halogens is 2. The Morgan fingerprint density at radius 1 is 1.33 bits per heavy atom. The quantitative estimate of drug-likeness (QED) is 0.887. The molecule has 98 valence electrons. The molecule has 1 aromatic carbocycles. The van der Waals surface area contributed by atoms with E-state index in [1.807, 2.05) is 4.90 Å². The van der Waals surface area contributed by atoms with E-state index in [1.165, 1.54) is 19.1 Å². The highest BCUT2D eigenvalue weighted by Gasteiger charge is 2.28. The lowest BCUT2D eigenvalue weighted by Crippen LogP contribution is -2.47. The maximum Gasteiger partial charge on any atom is 0.151 e. The summed E-state index contributed by atoms with van der Waals surface area (Å²) >= 11 is 0. The number of carbonyl (C=O) groups is 1. The number of rotatable bonds is 3. The normalized spacial score (nSPS) is 18.6. The summed E-state index contributed by atoms with van der Waals surface area (Å²) in [5, 5.41) is 3.18. The molecule has 2 rings (SSSR count). The molecule has 0 radical (unpaired) electrons. The van der Waals surface area contributed by atoms with Crippen LogP contribution in [0.2, 0.25) is 0 Å². The Bertz CT molecular complexity index is 445. The number of ketones is 1. The van der Waals surface area contributed by atoms with Gasteiger partial charge in [0.25, 0.3) is 0 Å².